The zero-order chi connectivity index (χ0) is 11.7. The number of nitrogens with zero attached hydrogens (tertiary/aromatic N) is 2. The Balaban J connectivity index is 2.07. The minimum atomic E-state index is 0.0342. The predicted molar refractivity (Wildman–Crippen MR) is 67.7 cm³/mol. The molecule has 88 valence electrons. The Morgan fingerprint density at radius 3 is 2.44 bits per heavy atom. The van der Waals surface area contributed by atoms with Crippen LogP contribution in [0.1, 0.15) is 9.67 Å². The van der Waals surface area contributed by atoms with E-state index in [0.29, 0.717) is 14.2 Å². The van der Waals surface area contributed by atoms with Gasteiger partial charge in [0.05, 0.1) is 9.90 Å². The van der Waals surface area contributed by atoms with Crippen LogP contribution >= 0.6 is 34.5 Å². The second kappa shape index (κ2) is 4.92. The van der Waals surface area contributed by atoms with Gasteiger partial charge in [-0.15, -0.1) is 11.3 Å². The van der Waals surface area contributed by atoms with E-state index in [0.717, 1.165) is 26.2 Å². The summed E-state index contributed by atoms with van der Waals surface area (Å²) in [6.07, 6.45) is 0. The normalized spacial score (nSPS) is 17.8. The number of amides is 1. The van der Waals surface area contributed by atoms with Gasteiger partial charge in [0, 0.05) is 26.2 Å². The third-order valence-corrected chi connectivity index (χ3v) is 4.50. The summed E-state index contributed by atoms with van der Waals surface area (Å²) in [4.78, 5) is 16.7. The lowest BCUT2D eigenvalue weighted by Crippen LogP contribution is -2.46. The summed E-state index contributed by atoms with van der Waals surface area (Å²) in [5.41, 5.74) is 0. The second-order valence-corrected chi connectivity index (χ2v) is 5.89. The van der Waals surface area contributed by atoms with Crippen LogP contribution in [0, 0.1) is 0 Å². The fourth-order valence-corrected chi connectivity index (χ4v) is 2.95. The van der Waals surface area contributed by atoms with Crippen molar-refractivity contribution in [3.05, 3.63) is 20.3 Å². The zero-order valence-corrected chi connectivity index (χ0v) is 11.2. The first-order chi connectivity index (χ1) is 7.58. The average molecular weight is 279 g/mol. The van der Waals surface area contributed by atoms with E-state index in [-0.39, 0.29) is 5.91 Å². The molecule has 0 spiro atoms. The lowest BCUT2D eigenvalue weighted by molar-refractivity contribution is 0.0669. The Labute approximate surface area is 109 Å². The Kier molecular flexibility index (Phi) is 3.74. The Morgan fingerprint density at radius 2 is 1.94 bits per heavy atom. The second-order valence-electron chi connectivity index (χ2n) is 3.83. The lowest BCUT2D eigenvalue weighted by atomic mass is 10.3. The van der Waals surface area contributed by atoms with Crippen LogP contribution in [0.2, 0.25) is 9.36 Å². The van der Waals surface area contributed by atoms with Crippen LogP contribution in [0.15, 0.2) is 6.07 Å². The maximum absolute atomic E-state index is 12.1. The molecule has 16 heavy (non-hydrogen) atoms. The van der Waals surface area contributed by atoms with Crippen molar-refractivity contribution < 1.29 is 4.79 Å². The Bertz CT molecular complexity index is 380. The number of likely N-dealkylation sites (N-methyl/N-ethyl adjacent to an activating group) is 1. The van der Waals surface area contributed by atoms with Crippen LogP contribution < -0.4 is 0 Å². The van der Waals surface area contributed by atoms with Crippen molar-refractivity contribution in [2.24, 2.45) is 0 Å². The predicted octanol–water partition coefficient (Wildman–Crippen LogP) is 2.44. The Morgan fingerprint density at radius 1 is 1.31 bits per heavy atom. The standard InChI is InChI=1S/C10H12Cl2N2OS/c1-13-2-4-14(5-3-13)10(15)8-6-7(11)9(12)16-8/h6H,2-5H2,1H3. The van der Waals surface area contributed by atoms with Crippen LogP contribution in [-0.4, -0.2) is 48.9 Å². The number of hydrogen-bond acceptors (Lipinski definition) is 3. The van der Waals surface area contributed by atoms with Gasteiger partial charge >= 0.3 is 0 Å². The van der Waals surface area contributed by atoms with E-state index in [4.69, 9.17) is 23.2 Å². The maximum Gasteiger partial charge on any atom is 0.264 e. The molecule has 0 aliphatic carbocycles. The van der Waals surface area contributed by atoms with Gasteiger partial charge < -0.3 is 9.80 Å². The number of carbonyl (C=O) groups is 1. The minimum Gasteiger partial charge on any atom is -0.335 e. The van der Waals surface area contributed by atoms with Crippen molar-refractivity contribution in [2.75, 3.05) is 33.2 Å². The van der Waals surface area contributed by atoms with E-state index in [1.54, 1.807) is 6.07 Å². The first-order valence-corrected chi connectivity index (χ1v) is 6.58. The number of piperazine rings is 1. The van der Waals surface area contributed by atoms with E-state index in [9.17, 15) is 4.79 Å². The van der Waals surface area contributed by atoms with Gasteiger partial charge in [-0.25, -0.2) is 0 Å². The molecule has 0 atom stereocenters. The summed E-state index contributed by atoms with van der Waals surface area (Å²) in [6, 6.07) is 1.65. The number of rotatable bonds is 1. The molecular weight excluding hydrogens is 267 g/mol. The van der Waals surface area contributed by atoms with Crippen molar-refractivity contribution in [1.29, 1.82) is 0 Å². The average Bonchev–Trinajstić information content (AvgIpc) is 2.59. The largest absolute Gasteiger partial charge is 0.335 e. The molecule has 0 unspecified atom stereocenters. The third-order valence-electron chi connectivity index (χ3n) is 2.65. The maximum atomic E-state index is 12.1. The highest BCUT2D eigenvalue weighted by atomic mass is 35.5. The highest BCUT2D eigenvalue weighted by Crippen LogP contribution is 2.32. The van der Waals surface area contributed by atoms with E-state index in [1.807, 2.05) is 4.90 Å². The summed E-state index contributed by atoms with van der Waals surface area (Å²) in [5, 5.41) is 0.462. The molecule has 1 aliphatic heterocycles. The van der Waals surface area contributed by atoms with Gasteiger partial charge in [-0.2, -0.15) is 0 Å². The van der Waals surface area contributed by atoms with Crippen molar-refractivity contribution in [1.82, 2.24) is 9.80 Å². The van der Waals surface area contributed by atoms with Crippen molar-refractivity contribution in [3.63, 3.8) is 0 Å². The molecule has 1 aromatic heterocycles. The zero-order valence-electron chi connectivity index (χ0n) is 8.87. The van der Waals surface area contributed by atoms with E-state index >= 15 is 0 Å². The van der Waals surface area contributed by atoms with E-state index in [2.05, 4.69) is 11.9 Å². The topological polar surface area (TPSA) is 23.6 Å². The number of thiophene rings is 1. The van der Waals surface area contributed by atoms with Gasteiger partial charge in [-0.1, -0.05) is 23.2 Å². The first kappa shape index (κ1) is 12.2. The first-order valence-electron chi connectivity index (χ1n) is 5.00. The van der Waals surface area contributed by atoms with Gasteiger partial charge in [0.15, 0.2) is 0 Å². The van der Waals surface area contributed by atoms with Crippen molar-refractivity contribution in [2.45, 2.75) is 0 Å². The number of carbonyl (C=O) groups excluding carboxylic acids is 1. The van der Waals surface area contributed by atoms with Crippen LogP contribution in [-0.2, 0) is 0 Å². The smallest absolute Gasteiger partial charge is 0.264 e. The highest BCUT2D eigenvalue weighted by molar-refractivity contribution is 7.18. The molecular formula is C10H12Cl2N2OS. The minimum absolute atomic E-state index is 0.0342. The monoisotopic (exact) mass is 278 g/mol. The van der Waals surface area contributed by atoms with Gasteiger partial charge in [0.2, 0.25) is 0 Å². The highest BCUT2D eigenvalue weighted by Gasteiger charge is 2.22. The molecule has 1 saturated heterocycles. The van der Waals surface area contributed by atoms with Gasteiger partial charge in [0.1, 0.15) is 4.34 Å². The summed E-state index contributed by atoms with van der Waals surface area (Å²) in [5.74, 6) is 0.0342. The molecule has 1 aliphatic rings. The molecule has 2 heterocycles. The summed E-state index contributed by atoms with van der Waals surface area (Å²) < 4.78 is 0.485. The van der Waals surface area contributed by atoms with Crippen LogP contribution in [0.5, 0.6) is 0 Å². The van der Waals surface area contributed by atoms with Crippen molar-refractivity contribution in [3.8, 4) is 0 Å². The molecule has 2 rings (SSSR count). The molecule has 3 nitrogen and oxygen atoms in total. The fraction of sp³-hybridized carbons (Fsp3) is 0.500. The van der Waals surface area contributed by atoms with E-state index in [1.165, 1.54) is 11.3 Å². The molecule has 0 saturated carbocycles. The van der Waals surface area contributed by atoms with Gasteiger partial charge in [-0.05, 0) is 13.1 Å². The number of halogens is 2. The molecule has 1 amide bonds. The molecule has 1 fully saturated rings. The van der Waals surface area contributed by atoms with Crippen LogP contribution in [0.4, 0.5) is 0 Å². The summed E-state index contributed by atoms with van der Waals surface area (Å²) in [6.45, 7) is 3.36. The molecule has 0 aromatic carbocycles. The van der Waals surface area contributed by atoms with Crippen LogP contribution in [0.25, 0.3) is 0 Å². The molecule has 6 heteroatoms. The SMILES string of the molecule is CN1CCN(C(=O)c2cc(Cl)c(Cl)s2)CC1. The van der Waals surface area contributed by atoms with Crippen molar-refractivity contribution >= 4 is 40.4 Å². The fourth-order valence-electron chi connectivity index (χ4n) is 1.62. The summed E-state index contributed by atoms with van der Waals surface area (Å²) >= 11 is 12.9. The molecule has 0 bridgehead atoms. The van der Waals surface area contributed by atoms with Crippen LogP contribution in [0.3, 0.4) is 0 Å². The molecule has 0 radical (unpaired) electrons. The van der Waals surface area contributed by atoms with Gasteiger partial charge in [0.25, 0.3) is 5.91 Å². The third kappa shape index (κ3) is 2.51. The number of hydrogen-bond donors (Lipinski definition) is 0. The molecule has 0 N–H and O–H groups in total. The quantitative estimate of drug-likeness (QED) is 0.788. The lowest BCUT2D eigenvalue weighted by Gasteiger charge is -2.32. The van der Waals surface area contributed by atoms with E-state index < -0.39 is 0 Å². The van der Waals surface area contributed by atoms with Gasteiger partial charge in [-0.3, -0.25) is 4.79 Å². The molecule has 1 aromatic rings. The summed E-state index contributed by atoms with van der Waals surface area (Å²) in [7, 11) is 2.06. The Hall–Kier alpha value is -0.290.